The number of hydrogen-bond donors (Lipinski definition) is 1. The summed E-state index contributed by atoms with van der Waals surface area (Å²) in [6.45, 7) is 3.57. The molecular formula is C25H23ClN2O5S. The van der Waals surface area contributed by atoms with E-state index in [0.717, 1.165) is 16.7 Å². The van der Waals surface area contributed by atoms with Crippen molar-refractivity contribution in [3.05, 3.63) is 87.9 Å². The Labute approximate surface area is 203 Å². The van der Waals surface area contributed by atoms with E-state index in [1.165, 1.54) is 22.5 Å². The van der Waals surface area contributed by atoms with E-state index in [-0.39, 0.29) is 22.0 Å². The highest BCUT2D eigenvalue weighted by atomic mass is 35.5. The molecule has 3 aromatic carbocycles. The van der Waals surface area contributed by atoms with Gasteiger partial charge < -0.3 is 10.1 Å². The molecule has 0 radical (unpaired) electrons. The molecule has 0 spiro atoms. The van der Waals surface area contributed by atoms with Gasteiger partial charge in [0.25, 0.3) is 15.9 Å². The minimum absolute atomic E-state index is 0.00593. The van der Waals surface area contributed by atoms with Crippen LogP contribution in [0.15, 0.2) is 65.6 Å². The highest BCUT2D eigenvalue weighted by molar-refractivity contribution is 7.93. The predicted molar refractivity (Wildman–Crippen MR) is 131 cm³/mol. The number of halogens is 1. The van der Waals surface area contributed by atoms with E-state index in [4.69, 9.17) is 16.3 Å². The molecule has 1 amide bonds. The van der Waals surface area contributed by atoms with Gasteiger partial charge in [0.05, 0.1) is 16.3 Å². The number of carbonyl (C=O) groups is 2. The molecule has 1 heterocycles. The van der Waals surface area contributed by atoms with Gasteiger partial charge in [0.2, 0.25) is 0 Å². The summed E-state index contributed by atoms with van der Waals surface area (Å²) in [4.78, 5) is 24.7. The molecule has 4 rings (SSSR count). The van der Waals surface area contributed by atoms with Crippen LogP contribution in [0, 0.1) is 13.8 Å². The second-order valence-electron chi connectivity index (χ2n) is 7.97. The zero-order chi connectivity index (χ0) is 24.5. The molecule has 0 aromatic heterocycles. The van der Waals surface area contributed by atoms with Gasteiger partial charge in [0.15, 0.2) is 6.61 Å². The largest absolute Gasteiger partial charge is 0.452 e. The monoisotopic (exact) mass is 498 g/mol. The molecule has 0 aliphatic carbocycles. The Balaban J connectivity index is 1.49. The van der Waals surface area contributed by atoms with E-state index in [0.29, 0.717) is 17.8 Å². The first-order chi connectivity index (χ1) is 16.2. The Morgan fingerprint density at radius 1 is 1.06 bits per heavy atom. The summed E-state index contributed by atoms with van der Waals surface area (Å²) in [5.74, 6) is -1.33. The summed E-state index contributed by atoms with van der Waals surface area (Å²) < 4.78 is 33.1. The number of para-hydroxylation sites is 1. The topological polar surface area (TPSA) is 92.8 Å². The number of nitrogens with zero attached hydrogens (tertiary/aromatic N) is 1. The van der Waals surface area contributed by atoms with E-state index >= 15 is 0 Å². The van der Waals surface area contributed by atoms with Crippen LogP contribution in [0.1, 0.15) is 27.0 Å². The number of hydrogen-bond acceptors (Lipinski definition) is 5. The van der Waals surface area contributed by atoms with Gasteiger partial charge in [-0.05, 0) is 67.3 Å². The fourth-order valence-electron chi connectivity index (χ4n) is 3.79. The maximum Gasteiger partial charge on any atom is 0.338 e. The summed E-state index contributed by atoms with van der Waals surface area (Å²) in [6, 6.07) is 16.6. The molecule has 7 nitrogen and oxygen atoms in total. The minimum atomic E-state index is -4.01. The van der Waals surface area contributed by atoms with Crippen LogP contribution in [0.25, 0.3) is 0 Å². The molecule has 9 heteroatoms. The van der Waals surface area contributed by atoms with Crippen molar-refractivity contribution < 1.29 is 22.7 Å². The maximum atomic E-state index is 13.3. The molecule has 34 heavy (non-hydrogen) atoms. The fraction of sp³-hybridized carbons (Fsp3) is 0.200. The molecule has 0 unspecified atom stereocenters. The van der Waals surface area contributed by atoms with Gasteiger partial charge in [0, 0.05) is 12.2 Å². The third-order valence-electron chi connectivity index (χ3n) is 5.79. The summed E-state index contributed by atoms with van der Waals surface area (Å²) >= 11 is 6.21. The molecule has 3 aromatic rings. The van der Waals surface area contributed by atoms with Crippen molar-refractivity contribution in [2.75, 3.05) is 22.8 Å². The number of ether oxygens (including phenoxy) is 1. The number of benzene rings is 3. The Bertz CT molecular complexity index is 1390. The lowest BCUT2D eigenvalue weighted by Gasteiger charge is -2.20. The van der Waals surface area contributed by atoms with E-state index in [9.17, 15) is 18.0 Å². The normalized spacial score (nSPS) is 12.9. The van der Waals surface area contributed by atoms with Gasteiger partial charge in [-0.1, -0.05) is 41.9 Å². The molecule has 0 bridgehead atoms. The van der Waals surface area contributed by atoms with Crippen LogP contribution in [0.4, 0.5) is 11.4 Å². The van der Waals surface area contributed by atoms with Crippen LogP contribution in [-0.2, 0) is 26.0 Å². The lowest BCUT2D eigenvalue weighted by atomic mass is 10.1. The second kappa shape index (κ2) is 9.48. The van der Waals surface area contributed by atoms with E-state index in [2.05, 4.69) is 5.32 Å². The number of esters is 1. The number of amides is 1. The quantitative estimate of drug-likeness (QED) is 0.505. The summed E-state index contributed by atoms with van der Waals surface area (Å²) in [6.07, 6.45) is 0.588. The van der Waals surface area contributed by atoms with E-state index in [1.54, 1.807) is 18.2 Å². The second-order valence-corrected chi connectivity index (χ2v) is 10.2. The van der Waals surface area contributed by atoms with Crippen LogP contribution in [0.5, 0.6) is 0 Å². The zero-order valence-corrected chi connectivity index (χ0v) is 20.2. The molecular weight excluding hydrogens is 476 g/mol. The SMILES string of the molecule is Cc1cccc(NC(=O)COC(=O)c2ccc(Cl)c(S(=O)(=O)N3CCc4ccccc43)c2)c1C. The van der Waals surface area contributed by atoms with Gasteiger partial charge in [0.1, 0.15) is 4.90 Å². The van der Waals surface area contributed by atoms with Gasteiger partial charge in [-0.15, -0.1) is 0 Å². The number of nitrogens with one attached hydrogen (secondary N) is 1. The molecule has 1 N–H and O–H groups in total. The van der Waals surface area contributed by atoms with Crippen molar-refractivity contribution in [2.24, 2.45) is 0 Å². The van der Waals surface area contributed by atoms with Gasteiger partial charge in [-0.25, -0.2) is 13.2 Å². The number of aryl methyl sites for hydroxylation is 1. The molecule has 0 fully saturated rings. The van der Waals surface area contributed by atoms with Crippen molar-refractivity contribution in [1.82, 2.24) is 0 Å². The number of rotatable bonds is 6. The number of fused-ring (bicyclic) bond motifs is 1. The Morgan fingerprint density at radius 3 is 2.62 bits per heavy atom. The number of anilines is 2. The van der Waals surface area contributed by atoms with E-state index < -0.39 is 28.5 Å². The first kappa shape index (κ1) is 23.8. The summed E-state index contributed by atoms with van der Waals surface area (Å²) in [5.41, 5.74) is 4.06. The van der Waals surface area contributed by atoms with Crippen molar-refractivity contribution in [2.45, 2.75) is 25.2 Å². The Hall–Kier alpha value is -3.36. The first-order valence-electron chi connectivity index (χ1n) is 10.6. The van der Waals surface area contributed by atoms with Crippen molar-refractivity contribution in [3.8, 4) is 0 Å². The predicted octanol–water partition coefficient (Wildman–Crippen LogP) is 4.50. The van der Waals surface area contributed by atoms with Crippen molar-refractivity contribution >= 4 is 44.9 Å². The van der Waals surface area contributed by atoms with E-state index in [1.807, 2.05) is 38.1 Å². The number of sulfonamides is 1. The first-order valence-corrected chi connectivity index (χ1v) is 12.4. The standard InChI is InChI=1S/C25H23ClN2O5S/c1-16-6-5-8-21(17(16)2)27-24(29)15-33-25(30)19-10-11-20(26)23(14-19)34(31,32)28-13-12-18-7-3-4-9-22(18)28/h3-11,14H,12-13,15H2,1-2H3,(H,27,29). The average Bonchev–Trinajstić information content (AvgIpc) is 3.26. The Kier molecular flexibility index (Phi) is 6.63. The molecule has 176 valence electrons. The lowest BCUT2D eigenvalue weighted by molar-refractivity contribution is -0.119. The highest BCUT2D eigenvalue weighted by Crippen LogP contribution is 2.35. The smallest absolute Gasteiger partial charge is 0.338 e. The summed E-state index contributed by atoms with van der Waals surface area (Å²) in [5, 5.41) is 2.70. The van der Waals surface area contributed by atoms with Crippen molar-refractivity contribution in [1.29, 1.82) is 0 Å². The van der Waals surface area contributed by atoms with Crippen LogP contribution in [0.2, 0.25) is 5.02 Å². The lowest BCUT2D eigenvalue weighted by Crippen LogP contribution is -2.29. The van der Waals surface area contributed by atoms with Gasteiger partial charge in [-0.3, -0.25) is 9.10 Å². The van der Waals surface area contributed by atoms with Gasteiger partial charge in [-0.2, -0.15) is 0 Å². The van der Waals surface area contributed by atoms with Crippen LogP contribution >= 0.6 is 11.6 Å². The minimum Gasteiger partial charge on any atom is -0.452 e. The summed E-state index contributed by atoms with van der Waals surface area (Å²) in [7, 11) is -4.01. The van der Waals surface area contributed by atoms with Crippen LogP contribution in [-0.4, -0.2) is 33.4 Å². The van der Waals surface area contributed by atoms with Crippen LogP contribution < -0.4 is 9.62 Å². The number of carbonyl (C=O) groups excluding carboxylic acids is 2. The molecule has 0 saturated heterocycles. The molecule has 0 atom stereocenters. The van der Waals surface area contributed by atoms with Crippen LogP contribution in [0.3, 0.4) is 0 Å². The molecule has 1 aliphatic rings. The van der Waals surface area contributed by atoms with Gasteiger partial charge >= 0.3 is 5.97 Å². The van der Waals surface area contributed by atoms with Crippen molar-refractivity contribution in [3.63, 3.8) is 0 Å². The molecule has 1 aliphatic heterocycles. The third-order valence-corrected chi connectivity index (χ3v) is 8.09. The fourth-order valence-corrected chi connectivity index (χ4v) is 5.80. The Morgan fingerprint density at radius 2 is 1.82 bits per heavy atom. The highest BCUT2D eigenvalue weighted by Gasteiger charge is 2.32. The molecule has 0 saturated carbocycles. The average molecular weight is 499 g/mol. The third kappa shape index (κ3) is 4.64. The maximum absolute atomic E-state index is 13.3. The zero-order valence-electron chi connectivity index (χ0n) is 18.7.